The van der Waals surface area contributed by atoms with E-state index in [4.69, 9.17) is 0 Å². The van der Waals surface area contributed by atoms with E-state index in [-0.39, 0.29) is 11.9 Å². The monoisotopic (exact) mass is 354 g/mol. The summed E-state index contributed by atoms with van der Waals surface area (Å²) in [7, 11) is 1.90. The highest BCUT2D eigenvalue weighted by Gasteiger charge is 2.23. The third-order valence-corrected chi connectivity index (χ3v) is 5.30. The summed E-state index contributed by atoms with van der Waals surface area (Å²) >= 11 is 0. The molecule has 0 unspecified atom stereocenters. The number of benzene rings is 1. The second-order valence-electron chi connectivity index (χ2n) is 7.38. The van der Waals surface area contributed by atoms with Crippen molar-refractivity contribution in [3.8, 4) is 0 Å². The van der Waals surface area contributed by atoms with E-state index in [0.717, 1.165) is 44.5 Å². The molecule has 0 saturated carbocycles. The molecule has 26 heavy (non-hydrogen) atoms. The van der Waals surface area contributed by atoms with Crippen LogP contribution in [0.1, 0.15) is 49.8 Å². The zero-order valence-corrected chi connectivity index (χ0v) is 15.9. The Balaban J connectivity index is 1.43. The first-order valence-electron chi connectivity index (χ1n) is 9.68. The Morgan fingerprint density at radius 1 is 1.27 bits per heavy atom. The summed E-state index contributed by atoms with van der Waals surface area (Å²) in [5.74, 6) is 0.663. The molecule has 140 valence electrons. The van der Waals surface area contributed by atoms with Crippen LogP contribution in [-0.4, -0.2) is 33.7 Å². The van der Waals surface area contributed by atoms with Crippen LogP contribution in [-0.2, 0) is 18.4 Å². The molecule has 5 heteroatoms. The standard InChI is InChI=1S/C21H30N4O/c1-3-20(19-14-22-24(2)16-19)23-21(26)13-17-9-11-25(12-10-17)15-18-7-5-4-6-8-18/h4-8,14,16-17,20H,3,9-13,15H2,1-2H3,(H,23,26)/t20-/m0/s1. The third-order valence-electron chi connectivity index (χ3n) is 5.30. The van der Waals surface area contributed by atoms with Gasteiger partial charge < -0.3 is 5.32 Å². The Morgan fingerprint density at radius 2 is 2.00 bits per heavy atom. The number of nitrogens with zero attached hydrogens (tertiary/aromatic N) is 3. The number of aryl methyl sites for hydroxylation is 1. The molecule has 1 saturated heterocycles. The summed E-state index contributed by atoms with van der Waals surface area (Å²) in [6.07, 6.45) is 7.55. The summed E-state index contributed by atoms with van der Waals surface area (Å²) in [4.78, 5) is 15.0. The molecule has 1 aliphatic rings. The number of carbonyl (C=O) groups is 1. The molecule has 3 rings (SSSR count). The Kier molecular flexibility index (Phi) is 6.45. The zero-order chi connectivity index (χ0) is 18.4. The second-order valence-corrected chi connectivity index (χ2v) is 7.38. The highest BCUT2D eigenvalue weighted by molar-refractivity contribution is 5.76. The van der Waals surface area contributed by atoms with E-state index in [1.165, 1.54) is 5.56 Å². The van der Waals surface area contributed by atoms with Gasteiger partial charge >= 0.3 is 0 Å². The average Bonchev–Trinajstić information content (AvgIpc) is 3.08. The largest absolute Gasteiger partial charge is 0.349 e. The maximum absolute atomic E-state index is 12.5. The quantitative estimate of drug-likeness (QED) is 0.830. The smallest absolute Gasteiger partial charge is 0.220 e. The number of aromatic nitrogens is 2. The normalized spacial score (nSPS) is 17.2. The topological polar surface area (TPSA) is 50.2 Å². The lowest BCUT2D eigenvalue weighted by molar-refractivity contribution is -0.123. The summed E-state index contributed by atoms with van der Waals surface area (Å²) in [6, 6.07) is 10.7. The van der Waals surface area contributed by atoms with E-state index in [2.05, 4.69) is 52.6 Å². The van der Waals surface area contributed by atoms with Crippen molar-refractivity contribution >= 4 is 5.91 Å². The van der Waals surface area contributed by atoms with Gasteiger partial charge in [-0.05, 0) is 43.8 Å². The number of rotatable bonds is 7. The number of amides is 1. The van der Waals surface area contributed by atoms with Crippen molar-refractivity contribution in [3.05, 3.63) is 53.9 Å². The predicted molar refractivity (Wildman–Crippen MR) is 103 cm³/mol. The molecule has 0 radical (unpaired) electrons. The Labute approximate surface area is 156 Å². The van der Waals surface area contributed by atoms with Crippen molar-refractivity contribution in [1.82, 2.24) is 20.0 Å². The lowest BCUT2D eigenvalue weighted by atomic mass is 9.92. The van der Waals surface area contributed by atoms with Gasteiger partial charge in [0.05, 0.1) is 12.2 Å². The first-order valence-corrected chi connectivity index (χ1v) is 9.68. The van der Waals surface area contributed by atoms with Crippen LogP contribution in [0.3, 0.4) is 0 Å². The molecular formula is C21H30N4O. The van der Waals surface area contributed by atoms with Crippen molar-refractivity contribution in [2.75, 3.05) is 13.1 Å². The Morgan fingerprint density at radius 3 is 2.62 bits per heavy atom. The summed E-state index contributed by atoms with van der Waals surface area (Å²) in [6.45, 7) is 5.26. The molecule has 0 aliphatic carbocycles. The van der Waals surface area contributed by atoms with Gasteiger partial charge in [0.2, 0.25) is 5.91 Å². The predicted octanol–water partition coefficient (Wildman–Crippen LogP) is 3.29. The van der Waals surface area contributed by atoms with E-state index >= 15 is 0 Å². The van der Waals surface area contributed by atoms with Gasteiger partial charge in [-0.25, -0.2) is 0 Å². The van der Waals surface area contributed by atoms with Crippen LogP contribution in [0, 0.1) is 5.92 Å². The van der Waals surface area contributed by atoms with Gasteiger partial charge in [-0.2, -0.15) is 5.10 Å². The van der Waals surface area contributed by atoms with Crippen molar-refractivity contribution in [2.24, 2.45) is 13.0 Å². The molecule has 1 fully saturated rings. The van der Waals surface area contributed by atoms with Crippen molar-refractivity contribution in [3.63, 3.8) is 0 Å². The van der Waals surface area contributed by atoms with Gasteiger partial charge in [-0.15, -0.1) is 0 Å². The van der Waals surface area contributed by atoms with Crippen LogP contribution < -0.4 is 5.32 Å². The minimum atomic E-state index is 0.0642. The third kappa shape index (κ3) is 5.18. The van der Waals surface area contributed by atoms with Crippen LogP contribution in [0.5, 0.6) is 0 Å². The highest BCUT2D eigenvalue weighted by atomic mass is 16.1. The molecule has 1 atom stereocenters. The van der Waals surface area contributed by atoms with Gasteiger partial charge in [0.1, 0.15) is 0 Å². The summed E-state index contributed by atoms with van der Waals surface area (Å²) in [5.41, 5.74) is 2.45. The molecule has 1 aromatic carbocycles. The first-order chi connectivity index (χ1) is 12.6. The van der Waals surface area contributed by atoms with Crippen LogP contribution in [0.15, 0.2) is 42.7 Å². The van der Waals surface area contributed by atoms with E-state index in [1.54, 1.807) is 4.68 Å². The minimum Gasteiger partial charge on any atom is -0.349 e. The number of piperidine rings is 1. The molecule has 5 nitrogen and oxygen atoms in total. The van der Waals surface area contributed by atoms with E-state index in [1.807, 2.05) is 19.4 Å². The molecule has 0 bridgehead atoms. The summed E-state index contributed by atoms with van der Waals surface area (Å²) < 4.78 is 1.78. The van der Waals surface area contributed by atoms with Crippen molar-refractivity contribution in [1.29, 1.82) is 0 Å². The molecular weight excluding hydrogens is 324 g/mol. The van der Waals surface area contributed by atoms with Gasteiger partial charge in [0.25, 0.3) is 0 Å². The van der Waals surface area contributed by atoms with Gasteiger partial charge in [-0.3, -0.25) is 14.4 Å². The number of hydrogen-bond donors (Lipinski definition) is 1. The fraction of sp³-hybridized carbons (Fsp3) is 0.524. The average molecular weight is 354 g/mol. The Bertz CT molecular complexity index is 689. The fourth-order valence-corrected chi connectivity index (χ4v) is 3.75. The van der Waals surface area contributed by atoms with E-state index in [0.29, 0.717) is 12.3 Å². The maximum Gasteiger partial charge on any atom is 0.220 e. The highest BCUT2D eigenvalue weighted by Crippen LogP contribution is 2.23. The summed E-state index contributed by atoms with van der Waals surface area (Å²) in [5, 5.41) is 7.40. The lowest BCUT2D eigenvalue weighted by Gasteiger charge is -2.32. The van der Waals surface area contributed by atoms with Crippen molar-refractivity contribution in [2.45, 2.75) is 45.2 Å². The molecule has 1 N–H and O–H groups in total. The lowest BCUT2D eigenvalue weighted by Crippen LogP contribution is -2.36. The number of hydrogen-bond acceptors (Lipinski definition) is 3. The molecule has 1 aliphatic heterocycles. The first kappa shape index (κ1) is 18.6. The number of nitrogens with one attached hydrogen (secondary N) is 1. The van der Waals surface area contributed by atoms with Crippen LogP contribution in [0.4, 0.5) is 0 Å². The van der Waals surface area contributed by atoms with E-state index in [9.17, 15) is 4.79 Å². The van der Waals surface area contributed by atoms with Crippen LogP contribution in [0.25, 0.3) is 0 Å². The molecule has 2 aromatic rings. The zero-order valence-electron chi connectivity index (χ0n) is 15.9. The van der Waals surface area contributed by atoms with Crippen LogP contribution >= 0.6 is 0 Å². The van der Waals surface area contributed by atoms with Crippen molar-refractivity contribution < 1.29 is 4.79 Å². The SMILES string of the molecule is CC[C@H](NC(=O)CC1CCN(Cc2ccccc2)CC1)c1cnn(C)c1. The molecule has 2 heterocycles. The Hall–Kier alpha value is -2.14. The number of likely N-dealkylation sites (tertiary alicyclic amines) is 1. The second kappa shape index (κ2) is 8.99. The minimum absolute atomic E-state index is 0.0642. The molecule has 1 amide bonds. The number of carbonyl (C=O) groups excluding carboxylic acids is 1. The fourth-order valence-electron chi connectivity index (χ4n) is 3.75. The molecule has 0 spiro atoms. The van der Waals surface area contributed by atoms with E-state index < -0.39 is 0 Å². The van der Waals surface area contributed by atoms with Crippen LogP contribution in [0.2, 0.25) is 0 Å². The van der Waals surface area contributed by atoms with Gasteiger partial charge in [0, 0.05) is 31.8 Å². The van der Waals surface area contributed by atoms with Gasteiger partial charge in [-0.1, -0.05) is 37.3 Å². The van der Waals surface area contributed by atoms with Gasteiger partial charge in [0.15, 0.2) is 0 Å². The molecule has 1 aromatic heterocycles. The maximum atomic E-state index is 12.5.